The van der Waals surface area contributed by atoms with Gasteiger partial charge in [0.05, 0.1) is 19.1 Å². The van der Waals surface area contributed by atoms with Gasteiger partial charge >= 0.3 is 0 Å². The molecule has 4 atom stereocenters. The number of aromatic nitrogens is 1. The van der Waals surface area contributed by atoms with Gasteiger partial charge < -0.3 is 19.1 Å². The fourth-order valence-electron chi connectivity index (χ4n) is 6.43. The molecule has 3 aliphatic heterocycles. The average Bonchev–Trinajstić information content (AvgIpc) is 2.91. The highest BCUT2D eigenvalue weighted by Gasteiger charge is 2.46. The summed E-state index contributed by atoms with van der Waals surface area (Å²) in [5.74, 6) is 0.521. The molecule has 0 unspecified atom stereocenters. The number of amides is 2. The zero-order valence-corrected chi connectivity index (χ0v) is 20.5. The number of ether oxygens (including phenoxy) is 1. The molecule has 2 amide bonds. The lowest BCUT2D eigenvalue weighted by Crippen LogP contribution is -2.53. The van der Waals surface area contributed by atoms with Crippen LogP contribution in [0.3, 0.4) is 0 Å². The normalized spacial score (nSPS) is 24.7. The van der Waals surface area contributed by atoms with E-state index >= 15 is 0 Å². The van der Waals surface area contributed by atoms with Crippen molar-refractivity contribution in [2.75, 3.05) is 27.2 Å². The van der Waals surface area contributed by atoms with Crippen molar-refractivity contribution in [2.24, 2.45) is 5.92 Å². The molecule has 0 saturated carbocycles. The van der Waals surface area contributed by atoms with Gasteiger partial charge in [0, 0.05) is 49.9 Å². The van der Waals surface area contributed by atoms with E-state index in [1.54, 1.807) is 25.1 Å². The van der Waals surface area contributed by atoms with Crippen molar-refractivity contribution in [2.45, 2.75) is 30.8 Å². The zero-order valence-electron chi connectivity index (χ0n) is 20.5. The smallest absolute Gasteiger partial charge is 0.254 e. The summed E-state index contributed by atoms with van der Waals surface area (Å²) in [6.07, 6.45) is 0.981. The van der Waals surface area contributed by atoms with E-state index < -0.39 is 12.0 Å². The second-order valence-electron chi connectivity index (χ2n) is 10.1. The maximum atomic E-state index is 14.4. The number of nitrogens with zero attached hydrogens (tertiary/aromatic N) is 3. The van der Waals surface area contributed by atoms with Crippen LogP contribution in [0.15, 0.2) is 71.5 Å². The third kappa shape index (κ3) is 3.53. The van der Waals surface area contributed by atoms with Crippen LogP contribution in [-0.4, -0.2) is 53.4 Å². The molecule has 184 valence electrons. The first kappa shape index (κ1) is 22.6. The van der Waals surface area contributed by atoms with Crippen LogP contribution in [0.2, 0.25) is 0 Å². The Morgan fingerprint density at radius 3 is 2.47 bits per heavy atom. The first-order valence-corrected chi connectivity index (χ1v) is 12.4. The summed E-state index contributed by atoms with van der Waals surface area (Å²) in [4.78, 5) is 43.8. The molecule has 0 N–H and O–H groups in total. The quantitative estimate of drug-likeness (QED) is 0.573. The lowest BCUT2D eigenvalue weighted by atomic mass is 9.77. The summed E-state index contributed by atoms with van der Waals surface area (Å²) >= 11 is 0. The molecule has 36 heavy (non-hydrogen) atoms. The second kappa shape index (κ2) is 8.66. The maximum Gasteiger partial charge on any atom is 0.254 e. The molecule has 1 aromatic heterocycles. The van der Waals surface area contributed by atoms with Gasteiger partial charge in [-0.25, -0.2) is 0 Å². The number of likely N-dealkylation sites (N-methyl/N-ethyl adjacent to an activating group) is 1. The third-order valence-electron chi connectivity index (χ3n) is 8.09. The van der Waals surface area contributed by atoms with Crippen molar-refractivity contribution in [3.8, 4) is 5.75 Å². The van der Waals surface area contributed by atoms with Gasteiger partial charge in [-0.3, -0.25) is 14.4 Å². The van der Waals surface area contributed by atoms with Crippen molar-refractivity contribution < 1.29 is 14.3 Å². The second-order valence-corrected chi connectivity index (χ2v) is 10.1. The fourth-order valence-corrected chi connectivity index (χ4v) is 6.43. The Bertz CT molecular complexity index is 1400. The van der Waals surface area contributed by atoms with Gasteiger partial charge in [-0.1, -0.05) is 36.4 Å². The number of fused-ring (bicyclic) bond motifs is 5. The van der Waals surface area contributed by atoms with E-state index in [1.165, 1.54) is 0 Å². The van der Waals surface area contributed by atoms with Crippen molar-refractivity contribution in [1.82, 2.24) is 14.4 Å². The first-order valence-electron chi connectivity index (χ1n) is 12.4. The van der Waals surface area contributed by atoms with Crippen LogP contribution in [0.4, 0.5) is 0 Å². The number of benzene rings is 2. The van der Waals surface area contributed by atoms with E-state index in [9.17, 15) is 14.4 Å². The minimum Gasteiger partial charge on any atom is -0.497 e. The van der Waals surface area contributed by atoms with Gasteiger partial charge in [-0.15, -0.1) is 0 Å². The van der Waals surface area contributed by atoms with Crippen LogP contribution in [0, 0.1) is 5.92 Å². The summed E-state index contributed by atoms with van der Waals surface area (Å²) in [5, 5.41) is 0. The predicted octanol–water partition coefficient (Wildman–Crippen LogP) is 3.41. The topological polar surface area (TPSA) is 71.8 Å². The van der Waals surface area contributed by atoms with Crippen LogP contribution in [0.1, 0.15) is 51.5 Å². The molecule has 7 heteroatoms. The average molecular weight is 484 g/mol. The molecule has 2 aromatic carbocycles. The number of methoxy groups -OCH3 is 1. The van der Waals surface area contributed by atoms with Gasteiger partial charge in [0.15, 0.2) is 0 Å². The van der Waals surface area contributed by atoms with Gasteiger partial charge in [0.25, 0.3) is 11.5 Å². The fraction of sp³-hybridized carbons (Fsp3) is 0.345. The van der Waals surface area contributed by atoms with Gasteiger partial charge in [-0.05, 0) is 47.7 Å². The van der Waals surface area contributed by atoms with Crippen molar-refractivity contribution in [3.05, 3.63) is 99.5 Å². The number of carbonyl (C=O) groups is 2. The Kier molecular flexibility index (Phi) is 5.43. The molecular formula is C29H29N3O4. The lowest BCUT2D eigenvalue weighted by Gasteiger charge is -2.46. The Morgan fingerprint density at radius 2 is 1.69 bits per heavy atom. The Hall–Kier alpha value is -3.87. The summed E-state index contributed by atoms with van der Waals surface area (Å²) in [6, 6.07) is 20.1. The molecule has 1 fully saturated rings. The van der Waals surface area contributed by atoms with Crippen LogP contribution in [0.25, 0.3) is 0 Å². The number of carbonyl (C=O) groups excluding carboxylic acids is 2. The molecule has 6 rings (SSSR count). The minimum atomic E-state index is -0.519. The monoisotopic (exact) mass is 483 g/mol. The minimum absolute atomic E-state index is 0.0305. The molecule has 4 heterocycles. The third-order valence-corrected chi connectivity index (χ3v) is 8.09. The van der Waals surface area contributed by atoms with E-state index in [-0.39, 0.29) is 29.2 Å². The standard InChI is InChI=1S/C29H29N3O4/c1-30-27(19-10-12-21(36-2)13-11-19)26(22-6-3-4-7-23(22)28(30)34)29(35)31-15-18-14-20(17-31)24-8-5-9-25(33)32(24)16-18/h3-13,18,20,26-27H,14-17H2,1-2H3/t18-,20+,26+,27-/m1/s1. The first-order chi connectivity index (χ1) is 17.5. The maximum absolute atomic E-state index is 14.4. The SMILES string of the molecule is COc1ccc([C@@H]2[C@@H](C(=O)N3C[C@H]4C[C@@H](C3)c3cccc(=O)n3C4)c3ccccc3C(=O)N2C)cc1. The lowest BCUT2D eigenvalue weighted by molar-refractivity contribution is -0.137. The van der Waals surface area contributed by atoms with Gasteiger partial charge in [-0.2, -0.15) is 0 Å². The summed E-state index contributed by atoms with van der Waals surface area (Å²) in [5.41, 5.74) is 3.30. The van der Waals surface area contributed by atoms with E-state index in [4.69, 9.17) is 4.74 Å². The molecular weight excluding hydrogens is 454 g/mol. The van der Waals surface area contributed by atoms with E-state index in [2.05, 4.69) is 0 Å². The molecule has 7 nitrogen and oxygen atoms in total. The van der Waals surface area contributed by atoms with E-state index in [0.29, 0.717) is 25.2 Å². The summed E-state index contributed by atoms with van der Waals surface area (Å²) in [7, 11) is 3.40. The number of hydrogen-bond acceptors (Lipinski definition) is 4. The number of pyridine rings is 1. The number of likely N-dealkylation sites (tertiary alicyclic amines) is 1. The number of piperidine rings is 1. The highest BCUT2D eigenvalue weighted by molar-refractivity contribution is 6.01. The number of rotatable bonds is 3. The highest BCUT2D eigenvalue weighted by atomic mass is 16.5. The van der Waals surface area contributed by atoms with Gasteiger partial charge in [0.2, 0.25) is 5.91 Å². The van der Waals surface area contributed by atoms with Crippen LogP contribution < -0.4 is 10.3 Å². The predicted molar refractivity (Wildman–Crippen MR) is 135 cm³/mol. The Labute approximate surface area is 209 Å². The summed E-state index contributed by atoms with van der Waals surface area (Å²) in [6.45, 7) is 1.82. The highest BCUT2D eigenvalue weighted by Crippen LogP contribution is 2.45. The molecule has 0 aliphatic carbocycles. The van der Waals surface area contributed by atoms with E-state index in [1.807, 2.05) is 70.1 Å². The molecule has 3 aromatic rings. The van der Waals surface area contributed by atoms with Crippen molar-refractivity contribution >= 4 is 11.8 Å². The van der Waals surface area contributed by atoms with E-state index in [0.717, 1.165) is 29.0 Å². The Morgan fingerprint density at radius 1 is 0.917 bits per heavy atom. The molecule has 2 bridgehead atoms. The molecule has 3 aliphatic rings. The van der Waals surface area contributed by atoms with Crippen LogP contribution >= 0.6 is 0 Å². The van der Waals surface area contributed by atoms with Crippen molar-refractivity contribution in [1.29, 1.82) is 0 Å². The Balaban J connectivity index is 1.40. The molecule has 0 radical (unpaired) electrons. The van der Waals surface area contributed by atoms with Gasteiger partial charge in [0.1, 0.15) is 5.75 Å². The largest absolute Gasteiger partial charge is 0.497 e. The molecule has 0 spiro atoms. The molecule has 1 saturated heterocycles. The van der Waals surface area contributed by atoms with Crippen LogP contribution in [0.5, 0.6) is 5.75 Å². The van der Waals surface area contributed by atoms with Crippen molar-refractivity contribution in [3.63, 3.8) is 0 Å². The van der Waals surface area contributed by atoms with Crippen LogP contribution in [-0.2, 0) is 11.3 Å². The number of hydrogen-bond donors (Lipinski definition) is 0. The summed E-state index contributed by atoms with van der Waals surface area (Å²) < 4.78 is 7.21. The zero-order chi connectivity index (χ0) is 25.0.